The van der Waals surface area contributed by atoms with Crippen LogP contribution in [-0.2, 0) is 9.53 Å². The van der Waals surface area contributed by atoms with E-state index in [-0.39, 0.29) is 25.6 Å². The topological polar surface area (TPSA) is 50.4 Å². The van der Waals surface area contributed by atoms with Gasteiger partial charge in [0, 0.05) is 0 Å². The van der Waals surface area contributed by atoms with Gasteiger partial charge in [0.15, 0.2) is 0 Å². The molecule has 1 aliphatic heterocycles. The maximum absolute atomic E-state index is 12.6. The number of carbonyl (C=O) groups is 1. The number of nitrogens with one attached hydrogen (secondary N) is 2. The molecule has 104 valence electrons. The Balaban J connectivity index is 1.72. The van der Waals surface area contributed by atoms with E-state index in [2.05, 4.69) is 5.32 Å². The molecule has 1 saturated carbocycles. The molecule has 7 heteroatoms. The fourth-order valence-corrected chi connectivity index (χ4v) is 2.06. The molecule has 0 aromatic heterocycles. The van der Waals surface area contributed by atoms with Crippen molar-refractivity contribution >= 4 is 5.91 Å². The van der Waals surface area contributed by atoms with Gasteiger partial charge in [-0.15, -0.1) is 0 Å². The summed E-state index contributed by atoms with van der Waals surface area (Å²) in [4.78, 5) is 11.4. The first kappa shape index (κ1) is 13.6. The first-order valence-electron chi connectivity index (χ1n) is 6.13. The molecule has 2 rings (SSSR count). The van der Waals surface area contributed by atoms with Crippen LogP contribution in [0.15, 0.2) is 0 Å². The highest BCUT2D eigenvalue weighted by Crippen LogP contribution is 2.48. The Morgan fingerprint density at radius 1 is 1.33 bits per heavy atom. The Hall–Kier alpha value is -0.820. The van der Waals surface area contributed by atoms with Gasteiger partial charge in [0.2, 0.25) is 5.91 Å². The SMILES string of the molecule is O=C(COC1CCNCC1)NC1(C(F)(F)F)CC1. The standard InChI is InChI=1S/C11H17F3N2O2/c12-11(13,14)10(3-4-10)16-9(17)7-18-8-1-5-15-6-2-8/h8,15H,1-7H2,(H,16,17). The van der Waals surface area contributed by atoms with Crippen LogP contribution in [0.1, 0.15) is 25.7 Å². The van der Waals surface area contributed by atoms with Gasteiger partial charge in [0.1, 0.15) is 12.1 Å². The lowest BCUT2D eigenvalue weighted by molar-refractivity contribution is -0.172. The van der Waals surface area contributed by atoms with Gasteiger partial charge in [0.05, 0.1) is 6.10 Å². The van der Waals surface area contributed by atoms with Crippen LogP contribution in [0.2, 0.25) is 0 Å². The van der Waals surface area contributed by atoms with E-state index in [1.54, 1.807) is 0 Å². The summed E-state index contributed by atoms with van der Waals surface area (Å²) in [5.74, 6) is -0.677. The maximum atomic E-state index is 12.6. The van der Waals surface area contributed by atoms with E-state index in [0.717, 1.165) is 25.9 Å². The van der Waals surface area contributed by atoms with Crippen LogP contribution >= 0.6 is 0 Å². The second-order valence-corrected chi connectivity index (χ2v) is 4.89. The minimum absolute atomic E-state index is 0.0296. The van der Waals surface area contributed by atoms with Crippen molar-refractivity contribution in [3.63, 3.8) is 0 Å². The number of ether oxygens (including phenoxy) is 1. The Kier molecular flexibility index (Phi) is 3.82. The summed E-state index contributed by atoms with van der Waals surface area (Å²) in [7, 11) is 0. The first-order valence-corrected chi connectivity index (χ1v) is 6.13. The van der Waals surface area contributed by atoms with E-state index in [1.807, 2.05) is 5.32 Å². The van der Waals surface area contributed by atoms with Crippen LogP contribution in [0.25, 0.3) is 0 Å². The second-order valence-electron chi connectivity index (χ2n) is 4.89. The van der Waals surface area contributed by atoms with Crippen molar-refractivity contribution < 1.29 is 22.7 Å². The third-order valence-corrected chi connectivity index (χ3v) is 3.41. The van der Waals surface area contributed by atoms with Gasteiger partial charge in [-0.25, -0.2) is 0 Å². The molecule has 1 heterocycles. The second kappa shape index (κ2) is 5.05. The molecule has 1 amide bonds. The average Bonchev–Trinajstić information content (AvgIpc) is 3.08. The van der Waals surface area contributed by atoms with E-state index in [1.165, 1.54) is 0 Å². The predicted octanol–water partition coefficient (Wildman–Crippen LogP) is 0.966. The van der Waals surface area contributed by atoms with Crippen molar-refractivity contribution in [1.82, 2.24) is 10.6 Å². The van der Waals surface area contributed by atoms with Crippen molar-refractivity contribution in [1.29, 1.82) is 0 Å². The molecule has 0 radical (unpaired) electrons. The number of hydrogen-bond acceptors (Lipinski definition) is 3. The van der Waals surface area contributed by atoms with E-state index in [9.17, 15) is 18.0 Å². The Morgan fingerprint density at radius 3 is 2.44 bits per heavy atom. The first-order chi connectivity index (χ1) is 8.43. The zero-order valence-electron chi connectivity index (χ0n) is 9.98. The fourth-order valence-electron chi connectivity index (χ4n) is 2.06. The number of carbonyl (C=O) groups excluding carboxylic acids is 1. The summed E-state index contributed by atoms with van der Waals surface area (Å²) in [6, 6.07) is 0. The molecule has 0 aromatic carbocycles. The highest BCUT2D eigenvalue weighted by atomic mass is 19.4. The Bertz CT molecular complexity index is 310. The summed E-state index contributed by atoms with van der Waals surface area (Å²) in [6.45, 7) is 1.35. The lowest BCUT2D eigenvalue weighted by atomic mass is 10.1. The lowest BCUT2D eigenvalue weighted by Crippen LogP contribution is -2.49. The zero-order chi connectivity index (χ0) is 13.2. The monoisotopic (exact) mass is 266 g/mol. The van der Waals surface area contributed by atoms with Crippen LogP contribution in [0, 0.1) is 0 Å². The maximum Gasteiger partial charge on any atom is 0.411 e. The van der Waals surface area contributed by atoms with E-state index < -0.39 is 17.6 Å². The van der Waals surface area contributed by atoms with Crippen LogP contribution in [0.5, 0.6) is 0 Å². The van der Waals surface area contributed by atoms with Crippen molar-refractivity contribution in [3.8, 4) is 0 Å². The molecule has 2 N–H and O–H groups in total. The van der Waals surface area contributed by atoms with Gasteiger partial charge in [0.25, 0.3) is 0 Å². The van der Waals surface area contributed by atoms with Crippen LogP contribution in [0.4, 0.5) is 13.2 Å². The molecule has 0 aromatic rings. The number of amides is 1. The molecule has 4 nitrogen and oxygen atoms in total. The minimum Gasteiger partial charge on any atom is -0.368 e. The normalized spacial score (nSPS) is 23.7. The summed E-state index contributed by atoms with van der Waals surface area (Å²) >= 11 is 0. The summed E-state index contributed by atoms with van der Waals surface area (Å²) in [5.41, 5.74) is -1.98. The lowest BCUT2D eigenvalue weighted by Gasteiger charge is -2.24. The van der Waals surface area contributed by atoms with Gasteiger partial charge in [-0.05, 0) is 38.8 Å². The van der Waals surface area contributed by atoms with E-state index >= 15 is 0 Å². The van der Waals surface area contributed by atoms with Crippen molar-refractivity contribution in [3.05, 3.63) is 0 Å². The minimum atomic E-state index is -4.36. The number of hydrogen-bond donors (Lipinski definition) is 2. The predicted molar refractivity (Wildman–Crippen MR) is 58.0 cm³/mol. The van der Waals surface area contributed by atoms with Gasteiger partial charge in [-0.3, -0.25) is 4.79 Å². The van der Waals surface area contributed by atoms with Crippen LogP contribution in [-0.4, -0.2) is 43.4 Å². The summed E-state index contributed by atoms with van der Waals surface area (Å²) in [6.07, 6.45) is -2.88. The molecule has 0 atom stereocenters. The van der Waals surface area contributed by atoms with Crippen molar-refractivity contribution in [2.75, 3.05) is 19.7 Å². The number of halogens is 3. The molecule has 1 aliphatic carbocycles. The molecular formula is C11H17F3N2O2. The molecule has 0 spiro atoms. The molecule has 0 unspecified atom stereocenters. The molecule has 18 heavy (non-hydrogen) atoms. The molecule has 2 aliphatic rings. The molecular weight excluding hydrogens is 249 g/mol. The number of piperidine rings is 1. The third-order valence-electron chi connectivity index (χ3n) is 3.41. The highest BCUT2D eigenvalue weighted by Gasteiger charge is 2.64. The van der Waals surface area contributed by atoms with Crippen molar-refractivity contribution in [2.45, 2.75) is 43.5 Å². The third kappa shape index (κ3) is 3.14. The van der Waals surface area contributed by atoms with E-state index in [4.69, 9.17) is 4.74 Å². The summed E-state index contributed by atoms with van der Waals surface area (Å²) in [5, 5.41) is 5.18. The highest BCUT2D eigenvalue weighted by molar-refractivity contribution is 5.78. The number of alkyl halides is 3. The number of rotatable bonds is 4. The van der Waals surface area contributed by atoms with Crippen LogP contribution in [0.3, 0.4) is 0 Å². The van der Waals surface area contributed by atoms with Gasteiger partial charge >= 0.3 is 6.18 Å². The molecule has 2 fully saturated rings. The van der Waals surface area contributed by atoms with Gasteiger partial charge < -0.3 is 15.4 Å². The Labute approximate surface area is 103 Å². The zero-order valence-corrected chi connectivity index (χ0v) is 9.98. The quantitative estimate of drug-likeness (QED) is 0.797. The Morgan fingerprint density at radius 2 is 1.94 bits per heavy atom. The van der Waals surface area contributed by atoms with Gasteiger partial charge in [-0.1, -0.05) is 0 Å². The largest absolute Gasteiger partial charge is 0.411 e. The average molecular weight is 266 g/mol. The van der Waals surface area contributed by atoms with Crippen molar-refractivity contribution in [2.24, 2.45) is 0 Å². The summed E-state index contributed by atoms with van der Waals surface area (Å²) < 4.78 is 43.1. The smallest absolute Gasteiger partial charge is 0.368 e. The van der Waals surface area contributed by atoms with Crippen LogP contribution < -0.4 is 10.6 Å². The van der Waals surface area contributed by atoms with Gasteiger partial charge in [-0.2, -0.15) is 13.2 Å². The molecule has 0 bridgehead atoms. The molecule has 1 saturated heterocycles. The fraction of sp³-hybridized carbons (Fsp3) is 0.909. The van der Waals surface area contributed by atoms with E-state index in [0.29, 0.717) is 0 Å².